The van der Waals surface area contributed by atoms with Crippen molar-refractivity contribution in [3.05, 3.63) is 40.6 Å². The standard InChI is InChI=1S/C15H15BrFN3O/c16-10-3-4-11(17)13(7-10)19-14-6-5-12(18)15(20-14)21-8-9-1-2-9/h3-7,9H,1-2,8,18H2,(H,19,20). The number of nitrogen functional groups attached to an aromatic ring is 1. The number of hydrogen-bond donors (Lipinski definition) is 2. The third-order valence-electron chi connectivity index (χ3n) is 3.23. The second-order valence-corrected chi connectivity index (χ2v) is 6.01. The Morgan fingerprint density at radius 1 is 1.33 bits per heavy atom. The summed E-state index contributed by atoms with van der Waals surface area (Å²) >= 11 is 3.31. The minimum absolute atomic E-state index is 0.342. The average Bonchev–Trinajstić information content (AvgIpc) is 3.27. The Morgan fingerprint density at radius 2 is 2.14 bits per heavy atom. The van der Waals surface area contributed by atoms with Gasteiger partial charge in [0.15, 0.2) is 0 Å². The zero-order chi connectivity index (χ0) is 14.8. The number of nitrogens with zero attached hydrogens (tertiary/aromatic N) is 1. The van der Waals surface area contributed by atoms with Gasteiger partial charge in [-0.2, -0.15) is 4.98 Å². The second-order valence-electron chi connectivity index (χ2n) is 5.09. The molecule has 1 fully saturated rings. The number of nitrogens with one attached hydrogen (secondary N) is 1. The molecule has 0 unspecified atom stereocenters. The molecule has 0 bridgehead atoms. The summed E-state index contributed by atoms with van der Waals surface area (Å²) in [4.78, 5) is 4.30. The number of hydrogen-bond acceptors (Lipinski definition) is 4. The van der Waals surface area contributed by atoms with E-state index in [-0.39, 0.29) is 5.82 Å². The molecule has 0 radical (unpaired) electrons. The van der Waals surface area contributed by atoms with Crippen LogP contribution in [-0.2, 0) is 0 Å². The predicted octanol–water partition coefficient (Wildman–Crippen LogP) is 4.10. The molecule has 1 aliphatic rings. The Bertz CT molecular complexity index is 661. The summed E-state index contributed by atoms with van der Waals surface area (Å²) in [7, 11) is 0. The third-order valence-corrected chi connectivity index (χ3v) is 3.73. The van der Waals surface area contributed by atoms with Crippen LogP contribution in [0.2, 0.25) is 0 Å². The molecule has 1 aromatic carbocycles. The number of benzene rings is 1. The maximum atomic E-state index is 13.7. The van der Waals surface area contributed by atoms with Gasteiger partial charge in [0.1, 0.15) is 11.6 Å². The van der Waals surface area contributed by atoms with Crippen LogP contribution in [0.3, 0.4) is 0 Å². The lowest BCUT2D eigenvalue weighted by atomic mass is 10.3. The molecule has 3 rings (SSSR count). The van der Waals surface area contributed by atoms with Crippen LogP contribution in [0.25, 0.3) is 0 Å². The Balaban J connectivity index is 1.78. The monoisotopic (exact) mass is 351 g/mol. The number of halogens is 2. The molecule has 1 aromatic heterocycles. The number of aromatic nitrogens is 1. The molecule has 1 heterocycles. The number of anilines is 3. The van der Waals surface area contributed by atoms with Gasteiger partial charge in [0.25, 0.3) is 0 Å². The van der Waals surface area contributed by atoms with Crippen LogP contribution < -0.4 is 15.8 Å². The first-order chi connectivity index (χ1) is 10.1. The van der Waals surface area contributed by atoms with E-state index in [1.165, 1.54) is 18.9 Å². The average molecular weight is 352 g/mol. The van der Waals surface area contributed by atoms with Gasteiger partial charge in [-0.05, 0) is 49.1 Å². The van der Waals surface area contributed by atoms with Gasteiger partial charge in [0.2, 0.25) is 5.88 Å². The van der Waals surface area contributed by atoms with E-state index in [0.717, 1.165) is 4.47 Å². The van der Waals surface area contributed by atoms with E-state index in [9.17, 15) is 4.39 Å². The van der Waals surface area contributed by atoms with Crippen LogP contribution in [-0.4, -0.2) is 11.6 Å². The minimum atomic E-state index is -0.350. The molecular weight excluding hydrogens is 337 g/mol. The van der Waals surface area contributed by atoms with E-state index >= 15 is 0 Å². The maximum absolute atomic E-state index is 13.7. The fourth-order valence-corrected chi connectivity index (χ4v) is 2.21. The van der Waals surface area contributed by atoms with Crippen LogP contribution in [0.5, 0.6) is 5.88 Å². The van der Waals surface area contributed by atoms with E-state index < -0.39 is 0 Å². The third kappa shape index (κ3) is 3.64. The van der Waals surface area contributed by atoms with Crippen LogP contribution in [0.4, 0.5) is 21.6 Å². The van der Waals surface area contributed by atoms with Crippen LogP contribution >= 0.6 is 15.9 Å². The number of ether oxygens (including phenoxy) is 1. The first kappa shape index (κ1) is 14.1. The van der Waals surface area contributed by atoms with Crippen molar-refractivity contribution in [1.29, 1.82) is 0 Å². The summed E-state index contributed by atoms with van der Waals surface area (Å²) < 4.78 is 20.1. The molecule has 0 spiro atoms. The quantitative estimate of drug-likeness (QED) is 0.851. The predicted molar refractivity (Wildman–Crippen MR) is 84.3 cm³/mol. The van der Waals surface area contributed by atoms with Crippen molar-refractivity contribution in [2.45, 2.75) is 12.8 Å². The zero-order valence-corrected chi connectivity index (χ0v) is 12.9. The molecule has 1 saturated carbocycles. The Kier molecular flexibility index (Phi) is 3.96. The topological polar surface area (TPSA) is 60.2 Å². The molecule has 21 heavy (non-hydrogen) atoms. The highest BCUT2D eigenvalue weighted by Gasteiger charge is 2.22. The molecule has 0 saturated heterocycles. The van der Waals surface area contributed by atoms with Crippen molar-refractivity contribution in [2.24, 2.45) is 5.92 Å². The minimum Gasteiger partial charge on any atom is -0.476 e. The van der Waals surface area contributed by atoms with Gasteiger partial charge in [-0.1, -0.05) is 15.9 Å². The van der Waals surface area contributed by atoms with Crippen LogP contribution in [0.1, 0.15) is 12.8 Å². The van der Waals surface area contributed by atoms with Gasteiger partial charge < -0.3 is 15.8 Å². The fraction of sp³-hybridized carbons (Fsp3) is 0.267. The van der Waals surface area contributed by atoms with Gasteiger partial charge in [-0.25, -0.2) is 4.39 Å². The number of pyridine rings is 1. The Morgan fingerprint density at radius 3 is 2.90 bits per heavy atom. The largest absolute Gasteiger partial charge is 0.476 e. The summed E-state index contributed by atoms with van der Waals surface area (Å²) in [5.41, 5.74) is 6.67. The van der Waals surface area contributed by atoms with Crippen molar-refractivity contribution in [2.75, 3.05) is 17.7 Å². The van der Waals surface area contributed by atoms with Gasteiger partial charge in [0, 0.05) is 4.47 Å². The van der Waals surface area contributed by atoms with Crippen LogP contribution in [0, 0.1) is 11.7 Å². The van der Waals surface area contributed by atoms with E-state index in [1.807, 2.05) is 0 Å². The molecule has 4 nitrogen and oxygen atoms in total. The lowest BCUT2D eigenvalue weighted by Crippen LogP contribution is -2.05. The number of nitrogens with two attached hydrogens (primary N) is 1. The van der Waals surface area contributed by atoms with Gasteiger partial charge >= 0.3 is 0 Å². The SMILES string of the molecule is Nc1ccc(Nc2cc(Br)ccc2F)nc1OCC1CC1. The summed E-state index contributed by atoms with van der Waals surface area (Å²) in [5.74, 6) is 1.15. The highest BCUT2D eigenvalue weighted by molar-refractivity contribution is 9.10. The summed E-state index contributed by atoms with van der Waals surface area (Å²) in [5, 5.41) is 2.93. The Hall–Kier alpha value is -1.82. The van der Waals surface area contributed by atoms with E-state index in [2.05, 4.69) is 26.2 Å². The first-order valence-corrected chi connectivity index (χ1v) is 7.52. The van der Waals surface area contributed by atoms with Gasteiger partial charge in [0.05, 0.1) is 18.0 Å². The zero-order valence-electron chi connectivity index (χ0n) is 11.3. The van der Waals surface area contributed by atoms with Crippen molar-refractivity contribution < 1.29 is 9.13 Å². The number of rotatable bonds is 5. The van der Waals surface area contributed by atoms with Crippen LogP contribution in [0.15, 0.2) is 34.8 Å². The van der Waals surface area contributed by atoms with E-state index in [1.54, 1.807) is 24.3 Å². The molecule has 2 aromatic rings. The lowest BCUT2D eigenvalue weighted by molar-refractivity contribution is 0.290. The molecule has 110 valence electrons. The molecule has 0 atom stereocenters. The van der Waals surface area contributed by atoms with Gasteiger partial charge in [-0.15, -0.1) is 0 Å². The highest BCUT2D eigenvalue weighted by atomic mass is 79.9. The van der Waals surface area contributed by atoms with E-state index in [0.29, 0.717) is 35.6 Å². The van der Waals surface area contributed by atoms with Gasteiger partial charge in [-0.3, -0.25) is 0 Å². The molecule has 6 heteroatoms. The summed E-state index contributed by atoms with van der Waals surface area (Å²) in [6.07, 6.45) is 2.39. The molecule has 1 aliphatic carbocycles. The molecule has 0 aliphatic heterocycles. The maximum Gasteiger partial charge on any atom is 0.239 e. The van der Waals surface area contributed by atoms with Crippen molar-refractivity contribution in [3.63, 3.8) is 0 Å². The normalized spacial score (nSPS) is 14.0. The lowest BCUT2D eigenvalue weighted by Gasteiger charge is -2.11. The molecule has 0 amide bonds. The molecular formula is C15H15BrFN3O. The summed E-state index contributed by atoms with van der Waals surface area (Å²) in [6.45, 7) is 0.631. The first-order valence-electron chi connectivity index (χ1n) is 6.73. The van der Waals surface area contributed by atoms with Crippen molar-refractivity contribution >= 4 is 33.1 Å². The highest BCUT2D eigenvalue weighted by Crippen LogP contribution is 2.31. The van der Waals surface area contributed by atoms with Crippen molar-refractivity contribution in [1.82, 2.24) is 4.98 Å². The second kappa shape index (κ2) is 5.89. The smallest absolute Gasteiger partial charge is 0.239 e. The van der Waals surface area contributed by atoms with Crippen molar-refractivity contribution in [3.8, 4) is 5.88 Å². The van der Waals surface area contributed by atoms with E-state index in [4.69, 9.17) is 10.5 Å². The molecule has 3 N–H and O–H groups in total. The fourth-order valence-electron chi connectivity index (χ4n) is 1.85. The Labute approximate surface area is 130 Å². The summed E-state index contributed by atoms with van der Waals surface area (Å²) in [6, 6.07) is 8.07.